The fourth-order valence-corrected chi connectivity index (χ4v) is 1.43. The van der Waals surface area contributed by atoms with Crippen molar-refractivity contribution in [3.63, 3.8) is 0 Å². The number of anilines is 1. The number of nitrogen functional groups attached to an aromatic ring is 1. The molecule has 0 saturated carbocycles. The van der Waals surface area contributed by atoms with Crippen LogP contribution in [0.3, 0.4) is 0 Å². The van der Waals surface area contributed by atoms with E-state index in [1.165, 1.54) is 0 Å². The van der Waals surface area contributed by atoms with Crippen molar-refractivity contribution in [2.75, 3.05) is 5.73 Å². The summed E-state index contributed by atoms with van der Waals surface area (Å²) >= 11 is 5.71. The average molecular weight is 221 g/mol. The van der Waals surface area contributed by atoms with Gasteiger partial charge in [-0.15, -0.1) is 0 Å². The molecular weight excluding hydrogens is 212 g/mol. The first-order valence-electron chi connectivity index (χ1n) is 4.38. The number of phenols is 1. The number of pyridine rings is 1. The van der Waals surface area contributed by atoms with Crippen molar-refractivity contribution >= 4 is 17.3 Å². The van der Waals surface area contributed by atoms with Crippen molar-refractivity contribution < 1.29 is 5.11 Å². The van der Waals surface area contributed by atoms with E-state index in [-0.39, 0.29) is 10.9 Å². The zero-order valence-corrected chi connectivity index (χ0v) is 8.57. The van der Waals surface area contributed by atoms with Gasteiger partial charge in [-0.1, -0.05) is 29.8 Å². The SMILES string of the molecule is Nc1cc(-c2ccccc2O)cnc1Cl. The zero-order chi connectivity index (χ0) is 10.8. The highest BCUT2D eigenvalue weighted by atomic mass is 35.5. The van der Waals surface area contributed by atoms with Gasteiger partial charge in [-0.2, -0.15) is 0 Å². The number of nitrogens with zero attached hydrogens (tertiary/aromatic N) is 1. The van der Waals surface area contributed by atoms with Crippen LogP contribution < -0.4 is 5.73 Å². The van der Waals surface area contributed by atoms with Gasteiger partial charge in [0, 0.05) is 17.3 Å². The molecule has 4 heteroatoms. The van der Waals surface area contributed by atoms with E-state index in [1.807, 2.05) is 6.07 Å². The molecule has 0 unspecified atom stereocenters. The Morgan fingerprint density at radius 3 is 2.67 bits per heavy atom. The molecule has 0 aliphatic carbocycles. The number of aromatic hydroxyl groups is 1. The van der Waals surface area contributed by atoms with E-state index in [2.05, 4.69) is 4.98 Å². The molecule has 0 spiro atoms. The first-order valence-corrected chi connectivity index (χ1v) is 4.75. The van der Waals surface area contributed by atoms with E-state index in [9.17, 15) is 5.11 Å². The quantitative estimate of drug-likeness (QED) is 0.727. The third kappa shape index (κ3) is 1.87. The number of aromatic nitrogens is 1. The number of benzene rings is 1. The molecule has 1 aromatic heterocycles. The number of halogens is 1. The Morgan fingerprint density at radius 2 is 2.00 bits per heavy atom. The van der Waals surface area contributed by atoms with Gasteiger partial charge in [0.2, 0.25) is 0 Å². The van der Waals surface area contributed by atoms with E-state index < -0.39 is 0 Å². The molecule has 0 radical (unpaired) electrons. The van der Waals surface area contributed by atoms with Crippen LogP contribution in [0.4, 0.5) is 5.69 Å². The molecule has 3 nitrogen and oxygen atoms in total. The minimum Gasteiger partial charge on any atom is -0.507 e. The van der Waals surface area contributed by atoms with Crippen LogP contribution in [0.25, 0.3) is 11.1 Å². The highest BCUT2D eigenvalue weighted by Gasteiger charge is 2.05. The highest BCUT2D eigenvalue weighted by Crippen LogP contribution is 2.30. The summed E-state index contributed by atoms with van der Waals surface area (Å²) in [4.78, 5) is 3.93. The van der Waals surface area contributed by atoms with Gasteiger partial charge >= 0.3 is 0 Å². The summed E-state index contributed by atoms with van der Waals surface area (Å²) in [6.07, 6.45) is 1.58. The fourth-order valence-electron chi connectivity index (χ4n) is 1.33. The Hall–Kier alpha value is -1.74. The summed E-state index contributed by atoms with van der Waals surface area (Å²) in [7, 11) is 0. The van der Waals surface area contributed by atoms with Gasteiger partial charge in [-0.3, -0.25) is 0 Å². The van der Waals surface area contributed by atoms with Gasteiger partial charge < -0.3 is 10.8 Å². The van der Waals surface area contributed by atoms with Crippen LogP contribution in [0.15, 0.2) is 36.5 Å². The third-order valence-electron chi connectivity index (χ3n) is 2.08. The molecule has 0 aliphatic rings. The minimum absolute atomic E-state index is 0.195. The van der Waals surface area contributed by atoms with Crippen LogP contribution >= 0.6 is 11.6 Å². The number of para-hydroxylation sites is 1. The second-order valence-corrected chi connectivity index (χ2v) is 3.48. The van der Waals surface area contributed by atoms with Crippen molar-refractivity contribution in [2.24, 2.45) is 0 Å². The van der Waals surface area contributed by atoms with Crippen LogP contribution in [-0.2, 0) is 0 Å². The van der Waals surface area contributed by atoms with Crippen molar-refractivity contribution in [1.29, 1.82) is 0 Å². The van der Waals surface area contributed by atoms with Crippen molar-refractivity contribution in [3.8, 4) is 16.9 Å². The second kappa shape index (κ2) is 3.79. The lowest BCUT2D eigenvalue weighted by molar-refractivity contribution is 0.477. The Kier molecular flexibility index (Phi) is 2.47. The molecule has 0 fully saturated rings. The van der Waals surface area contributed by atoms with E-state index in [0.717, 1.165) is 5.56 Å². The van der Waals surface area contributed by atoms with E-state index in [1.54, 1.807) is 30.5 Å². The smallest absolute Gasteiger partial charge is 0.151 e. The minimum atomic E-state index is 0.195. The lowest BCUT2D eigenvalue weighted by Gasteiger charge is -2.05. The molecule has 1 heterocycles. The van der Waals surface area contributed by atoms with Crippen LogP contribution in [0.1, 0.15) is 0 Å². The van der Waals surface area contributed by atoms with Crippen LogP contribution in [0, 0.1) is 0 Å². The van der Waals surface area contributed by atoms with E-state index in [0.29, 0.717) is 11.3 Å². The summed E-state index contributed by atoms with van der Waals surface area (Å²) in [5, 5.41) is 9.89. The predicted molar refractivity (Wildman–Crippen MR) is 60.8 cm³/mol. The molecule has 0 atom stereocenters. The molecule has 2 aromatic rings. The molecule has 0 amide bonds. The standard InChI is InChI=1S/C11H9ClN2O/c12-11-9(13)5-7(6-14-11)8-3-1-2-4-10(8)15/h1-6,15H,13H2. The number of nitrogens with two attached hydrogens (primary N) is 1. The van der Waals surface area contributed by atoms with E-state index >= 15 is 0 Å². The first kappa shape index (κ1) is 9.80. The summed E-state index contributed by atoms with van der Waals surface area (Å²) < 4.78 is 0. The van der Waals surface area contributed by atoms with E-state index in [4.69, 9.17) is 17.3 Å². The molecule has 0 bridgehead atoms. The molecule has 15 heavy (non-hydrogen) atoms. The molecule has 3 N–H and O–H groups in total. The number of hydrogen-bond acceptors (Lipinski definition) is 3. The Bertz CT molecular complexity index is 500. The molecule has 76 valence electrons. The topological polar surface area (TPSA) is 59.1 Å². The lowest BCUT2D eigenvalue weighted by atomic mass is 10.1. The molecule has 0 aliphatic heterocycles. The maximum absolute atomic E-state index is 9.62. The molecule has 2 rings (SSSR count). The third-order valence-corrected chi connectivity index (χ3v) is 2.40. The van der Waals surface area contributed by atoms with Gasteiger partial charge in [0.1, 0.15) is 5.75 Å². The van der Waals surface area contributed by atoms with Gasteiger partial charge in [-0.05, 0) is 12.1 Å². The second-order valence-electron chi connectivity index (χ2n) is 3.12. The zero-order valence-electron chi connectivity index (χ0n) is 7.81. The first-order chi connectivity index (χ1) is 7.18. The fraction of sp³-hybridized carbons (Fsp3) is 0. The summed E-state index contributed by atoms with van der Waals surface area (Å²) in [5.74, 6) is 0.195. The van der Waals surface area contributed by atoms with Crippen LogP contribution in [0.5, 0.6) is 5.75 Å². The molecule has 1 aromatic carbocycles. The molecular formula is C11H9ClN2O. The number of rotatable bonds is 1. The summed E-state index contributed by atoms with van der Waals surface area (Å²) in [6.45, 7) is 0. The summed E-state index contributed by atoms with van der Waals surface area (Å²) in [6, 6.07) is 8.68. The lowest BCUT2D eigenvalue weighted by Crippen LogP contribution is -1.90. The van der Waals surface area contributed by atoms with Gasteiger partial charge in [0.05, 0.1) is 5.69 Å². The van der Waals surface area contributed by atoms with Gasteiger partial charge in [0.25, 0.3) is 0 Å². The van der Waals surface area contributed by atoms with Gasteiger partial charge in [0.15, 0.2) is 5.15 Å². The van der Waals surface area contributed by atoms with Crippen molar-refractivity contribution in [2.45, 2.75) is 0 Å². The maximum atomic E-state index is 9.62. The largest absolute Gasteiger partial charge is 0.507 e. The number of hydrogen-bond donors (Lipinski definition) is 2. The number of phenolic OH excluding ortho intramolecular Hbond substituents is 1. The normalized spacial score (nSPS) is 10.2. The molecule has 0 saturated heterocycles. The highest BCUT2D eigenvalue weighted by molar-refractivity contribution is 6.31. The Labute approximate surface area is 92.1 Å². The summed E-state index contributed by atoms with van der Waals surface area (Å²) in [5.41, 5.74) is 7.47. The van der Waals surface area contributed by atoms with Gasteiger partial charge in [-0.25, -0.2) is 4.98 Å². The predicted octanol–water partition coefficient (Wildman–Crippen LogP) is 2.69. The average Bonchev–Trinajstić information content (AvgIpc) is 2.23. The van der Waals surface area contributed by atoms with Crippen molar-refractivity contribution in [3.05, 3.63) is 41.7 Å². The maximum Gasteiger partial charge on any atom is 0.151 e. The van der Waals surface area contributed by atoms with Crippen molar-refractivity contribution in [1.82, 2.24) is 4.98 Å². The monoisotopic (exact) mass is 220 g/mol. The van der Waals surface area contributed by atoms with Crippen LogP contribution in [0.2, 0.25) is 5.15 Å². The Morgan fingerprint density at radius 1 is 1.27 bits per heavy atom. The Balaban J connectivity index is 2.55. The van der Waals surface area contributed by atoms with Crippen LogP contribution in [-0.4, -0.2) is 10.1 Å².